The second-order valence-corrected chi connectivity index (χ2v) is 7.04. The Bertz CT molecular complexity index is 974. The maximum absolute atomic E-state index is 13.0. The van der Waals surface area contributed by atoms with Gasteiger partial charge in [0.15, 0.2) is 5.69 Å². The van der Waals surface area contributed by atoms with Crippen LogP contribution in [0.1, 0.15) is 35.5 Å². The zero-order valence-corrected chi connectivity index (χ0v) is 16.5. The molecule has 0 bridgehead atoms. The quantitative estimate of drug-likeness (QED) is 0.538. The van der Waals surface area contributed by atoms with E-state index in [4.69, 9.17) is 5.10 Å². The topological polar surface area (TPSA) is 50.2 Å². The van der Waals surface area contributed by atoms with Crippen LogP contribution in [0.25, 0.3) is 16.9 Å². The van der Waals surface area contributed by atoms with Crippen LogP contribution in [0.4, 0.5) is 0 Å². The molecule has 2 aromatic carbocycles. The number of hydrogen-bond acceptors (Lipinski definition) is 3. The Balaban J connectivity index is 1.67. The van der Waals surface area contributed by atoms with E-state index in [0.717, 1.165) is 48.6 Å². The molecule has 1 aliphatic rings. The predicted molar refractivity (Wildman–Crippen MR) is 112 cm³/mol. The third-order valence-corrected chi connectivity index (χ3v) is 5.45. The van der Waals surface area contributed by atoms with Gasteiger partial charge >= 0.3 is 0 Å². The molecule has 28 heavy (non-hydrogen) atoms. The van der Waals surface area contributed by atoms with Gasteiger partial charge in [0.25, 0.3) is 5.91 Å². The first-order chi connectivity index (χ1) is 13.7. The molecule has 0 aliphatic heterocycles. The van der Waals surface area contributed by atoms with Gasteiger partial charge in [0.05, 0.1) is 11.4 Å². The molecule has 0 fully saturated rings. The van der Waals surface area contributed by atoms with E-state index in [2.05, 4.69) is 42.3 Å². The molecule has 1 amide bonds. The van der Waals surface area contributed by atoms with Crippen LogP contribution >= 0.6 is 0 Å². The number of carbonyl (C=O) groups excluding carboxylic acids is 1. The van der Waals surface area contributed by atoms with E-state index in [1.807, 2.05) is 41.1 Å². The number of aromatic nitrogens is 2. The van der Waals surface area contributed by atoms with Crippen molar-refractivity contribution in [3.63, 3.8) is 0 Å². The van der Waals surface area contributed by atoms with Crippen LogP contribution in [-0.2, 0) is 6.42 Å². The van der Waals surface area contributed by atoms with E-state index in [0.29, 0.717) is 12.2 Å². The van der Waals surface area contributed by atoms with Crippen molar-refractivity contribution in [2.45, 2.75) is 20.3 Å². The van der Waals surface area contributed by atoms with Crippen molar-refractivity contribution in [1.82, 2.24) is 20.0 Å². The van der Waals surface area contributed by atoms with Gasteiger partial charge in [-0.15, -0.1) is 0 Å². The van der Waals surface area contributed by atoms with Crippen LogP contribution in [-0.4, -0.2) is 46.8 Å². The number of amides is 1. The van der Waals surface area contributed by atoms with Crippen LogP contribution in [0.2, 0.25) is 0 Å². The lowest BCUT2D eigenvalue weighted by Crippen LogP contribution is -2.35. The lowest BCUT2D eigenvalue weighted by atomic mass is 10.1. The number of nitrogens with one attached hydrogen (secondary N) is 1. The molecule has 0 spiro atoms. The van der Waals surface area contributed by atoms with Crippen LogP contribution in [0.15, 0.2) is 54.6 Å². The molecule has 0 radical (unpaired) electrons. The number of fused-ring (bicyclic) bond motifs is 3. The molecule has 1 aromatic heterocycles. The Kier molecular flexibility index (Phi) is 5.26. The first kappa shape index (κ1) is 18.4. The normalized spacial score (nSPS) is 12.1. The van der Waals surface area contributed by atoms with Crippen LogP contribution in [0.3, 0.4) is 0 Å². The third kappa shape index (κ3) is 3.34. The number of nitrogens with zero attached hydrogens (tertiary/aromatic N) is 3. The summed E-state index contributed by atoms with van der Waals surface area (Å²) >= 11 is 0. The highest BCUT2D eigenvalue weighted by Crippen LogP contribution is 2.39. The molecule has 0 unspecified atom stereocenters. The molecular weight excluding hydrogens is 348 g/mol. The van der Waals surface area contributed by atoms with Crippen molar-refractivity contribution < 1.29 is 4.79 Å². The van der Waals surface area contributed by atoms with E-state index in [1.54, 1.807) is 0 Å². The summed E-state index contributed by atoms with van der Waals surface area (Å²) in [6.45, 7) is 7.72. The summed E-state index contributed by atoms with van der Waals surface area (Å²) in [4.78, 5) is 15.2. The van der Waals surface area contributed by atoms with E-state index >= 15 is 0 Å². The Morgan fingerprint density at radius 3 is 2.54 bits per heavy atom. The summed E-state index contributed by atoms with van der Waals surface area (Å²) in [5, 5.41) is 7.79. The largest absolute Gasteiger partial charge is 0.349 e. The lowest BCUT2D eigenvalue weighted by molar-refractivity contribution is 0.0942. The molecule has 1 heterocycles. The first-order valence-corrected chi connectivity index (χ1v) is 9.99. The highest BCUT2D eigenvalue weighted by atomic mass is 16.2. The number of carbonyl (C=O) groups is 1. The molecule has 5 nitrogen and oxygen atoms in total. The maximum Gasteiger partial charge on any atom is 0.272 e. The number of rotatable bonds is 7. The van der Waals surface area contributed by atoms with E-state index in [9.17, 15) is 4.79 Å². The number of likely N-dealkylation sites (N-methyl/N-ethyl adjacent to an activating group) is 1. The first-order valence-electron chi connectivity index (χ1n) is 9.99. The zero-order valence-electron chi connectivity index (χ0n) is 16.5. The minimum atomic E-state index is -0.0918. The fourth-order valence-corrected chi connectivity index (χ4v) is 3.88. The maximum atomic E-state index is 13.0. The molecule has 144 valence electrons. The van der Waals surface area contributed by atoms with Crippen molar-refractivity contribution in [2.75, 3.05) is 26.2 Å². The smallest absolute Gasteiger partial charge is 0.272 e. The summed E-state index contributed by atoms with van der Waals surface area (Å²) in [7, 11) is 0. The van der Waals surface area contributed by atoms with E-state index in [1.165, 1.54) is 5.56 Å². The third-order valence-electron chi connectivity index (χ3n) is 5.45. The fraction of sp³-hybridized carbons (Fsp3) is 0.304. The molecule has 5 heteroatoms. The van der Waals surface area contributed by atoms with E-state index in [-0.39, 0.29) is 5.91 Å². The van der Waals surface area contributed by atoms with Gasteiger partial charge < -0.3 is 10.2 Å². The van der Waals surface area contributed by atoms with Gasteiger partial charge in [0.2, 0.25) is 0 Å². The van der Waals surface area contributed by atoms with Crippen molar-refractivity contribution in [2.24, 2.45) is 0 Å². The highest BCUT2D eigenvalue weighted by molar-refractivity contribution is 5.97. The lowest BCUT2D eigenvalue weighted by Gasteiger charge is -2.17. The fourth-order valence-electron chi connectivity index (χ4n) is 3.88. The van der Waals surface area contributed by atoms with Gasteiger partial charge in [-0.05, 0) is 30.8 Å². The van der Waals surface area contributed by atoms with Gasteiger partial charge in [-0.25, -0.2) is 4.68 Å². The van der Waals surface area contributed by atoms with Crippen LogP contribution in [0, 0.1) is 0 Å². The summed E-state index contributed by atoms with van der Waals surface area (Å²) in [6, 6.07) is 18.4. The molecule has 0 atom stereocenters. The Morgan fingerprint density at radius 1 is 1.07 bits per heavy atom. The second-order valence-electron chi connectivity index (χ2n) is 7.04. The molecule has 4 rings (SSSR count). The van der Waals surface area contributed by atoms with Gasteiger partial charge in [-0.3, -0.25) is 4.79 Å². The molecule has 1 N–H and O–H groups in total. The SMILES string of the molecule is CCN(CC)CCNC(=O)c1nn(-c2ccccc2)c2c1Cc1ccccc1-2. The van der Waals surface area contributed by atoms with Gasteiger partial charge in [-0.2, -0.15) is 5.10 Å². The number of hydrogen-bond donors (Lipinski definition) is 1. The Morgan fingerprint density at radius 2 is 1.79 bits per heavy atom. The van der Waals surface area contributed by atoms with Gasteiger partial charge in [0, 0.05) is 30.6 Å². The summed E-state index contributed by atoms with van der Waals surface area (Å²) in [5.41, 5.74) is 5.97. The average molecular weight is 374 g/mol. The molecule has 3 aromatic rings. The molecule has 0 saturated carbocycles. The zero-order chi connectivity index (χ0) is 19.5. The van der Waals surface area contributed by atoms with Crippen molar-refractivity contribution in [1.29, 1.82) is 0 Å². The van der Waals surface area contributed by atoms with Gasteiger partial charge in [-0.1, -0.05) is 56.3 Å². The number of para-hydroxylation sites is 1. The standard InChI is InChI=1S/C23H26N4O/c1-3-26(4-2)15-14-24-23(28)21-20-16-17-10-8-9-13-19(17)22(20)27(25-21)18-11-6-5-7-12-18/h5-13H,3-4,14-16H2,1-2H3,(H,24,28). The highest BCUT2D eigenvalue weighted by Gasteiger charge is 2.30. The van der Waals surface area contributed by atoms with Crippen LogP contribution < -0.4 is 5.32 Å². The average Bonchev–Trinajstić information content (AvgIpc) is 3.29. The summed E-state index contributed by atoms with van der Waals surface area (Å²) in [5.74, 6) is -0.0918. The Labute approximate surface area is 166 Å². The number of benzene rings is 2. The minimum Gasteiger partial charge on any atom is -0.349 e. The van der Waals surface area contributed by atoms with Crippen LogP contribution in [0.5, 0.6) is 0 Å². The van der Waals surface area contributed by atoms with E-state index < -0.39 is 0 Å². The monoisotopic (exact) mass is 374 g/mol. The minimum absolute atomic E-state index is 0.0918. The summed E-state index contributed by atoms with van der Waals surface area (Å²) in [6.07, 6.45) is 0.747. The van der Waals surface area contributed by atoms with Crippen molar-refractivity contribution >= 4 is 5.91 Å². The second kappa shape index (κ2) is 7.98. The van der Waals surface area contributed by atoms with Crippen molar-refractivity contribution in [3.8, 4) is 16.9 Å². The predicted octanol–water partition coefficient (Wildman–Crippen LogP) is 3.52. The molecule has 1 aliphatic carbocycles. The van der Waals surface area contributed by atoms with Gasteiger partial charge in [0.1, 0.15) is 0 Å². The molecular formula is C23H26N4O. The summed E-state index contributed by atoms with van der Waals surface area (Å²) < 4.78 is 1.92. The Hall–Kier alpha value is -2.92. The molecule has 0 saturated heterocycles. The van der Waals surface area contributed by atoms with Crippen molar-refractivity contribution in [3.05, 3.63) is 71.4 Å².